The zero-order valence-corrected chi connectivity index (χ0v) is 19.5. The molecule has 180 valence electrons. The van der Waals surface area contributed by atoms with Crippen molar-refractivity contribution in [1.29, 1.82) is 0 Å². The summed E-state index contributed by atoms with van der Waals surface area (Å²) < 4.78 is 20.2. The lowest BCUT2D eigenvalue weighted by Gasteiger charge is -2.29. The van der Waals surface area contributed by atoms with E-state index in [9.17, 15) is 9.18 Å². The van der Waals surface area contributed by atoms with Crippen molar-refractivity contribution in [3.05, 3.63) is 65.6 Å². The molecule has 2 saturated heterocycles. The third-order valence-corrected chi connectivity index (χ3v) is 7.13. The molecule has 3 aromatic rings. The van der Waals surface area contributed by atoms with Crippen LogP contribution in [0.25, 0.3) is 11.3 Å². The smallest absolute Gasteiger partial charge is 0.260 e. The van der Waals surface area contributed by atoms with Crippen LogP contribution < -0.4 is 20.3 Å². The Balaban J connectivity index is 1.27. The summed E-state index contributed by atoms with van der Waals surface area (Å²) in [6.07, 6.45) is 2.60. The second kappa shape index (κ2) is 8.90. The number of fused-ring (bicyclic) bond motifs is 2. The molecule has 0 spiro atoms. The summed E-state index contributed by atoms with van der Waals surface area (Å²) >= 11 is 0. The minimum Gasteiger partial charge on any atom is -0.496 e. The molecule has 0 unspecified atom stereocenters. The predicted molar refractivity (Wildman–Crippen MR) is 131 cm³/mol. The Bertz CT molecular complexity index is 1270. The first kappa shape index (κ1) is 21.9. The van der Waals surface area contributed by atoms with Gasteiger partial charge in [-0.05, 0) is 36.8 Å². The Kier molecular flexibility index (Phi) is 5.58. The molecule has 6 rings (SSSR count). The Morgan fingerprint density at radius 1 is 1.20 bits per heavy atom. The highest BCUT2D eigenvalue weighted by atomic mass is 19.1. The lowest BCUT2D eigenvalue weighted by Crippen LogP contribution is -2.47. The van der Waals surface area contributed by atoms with E-state index in [4.69, 9.17) is 9.72 Å². The third-order valence-electron chi connectivity index (χ3n) is 7.13. The quantitative estimate of drug-likeness (QED) is 0.588. The average molecular weight is 475 g/mol. The largest absolute Gasteiger partial charge is 0.496 e. The fourth-order valence-electron chi connectivity index (χ4n) is 5.46. The molecule has 8 nitrogen and oxygen atoms in total. The van der Waals surface area contributed by atoms with E-state index >= 15 is 0 Å². The molecular formula is C26H27FN6O2. The van der Waals surface area contributed by atoms with Crippen LogP contribution in [0.5, 0.6) is 5.75 Å². The fourth-order valence-corrected chi connectivity index (χ4v) is 5.46. The van der Waals surface area contributed by atoms with E-state index < -0.39 is 5.82 Å². The van der Waals surface area contributed by atoms with Gasteiger partial charge in [-0.15, -0.1) is 0 Å². The molecule has 2 atom stereocenters. The molecule has 35 heavy (non-hydrogen) atoms. The molecule has 2 aromatic heterocycles. The summed E-state index contributed by atoms with van der Waals surface area (Å²) in [6.45, 7) is 4.38. The van der Waals surface area contributed by atoms with Crippen molar-refractivity contribution in [2.24, 2.45) is 0 Å². The van der Waals surface area contributed by atoms with E-state index in [1.54, 1.807) is 23.1 Å². The minimum absolute atomic E-state index is 0.173. The highest BCUT2D eigenvalue weighted by molar-refractivity contribution is 6.10. The summed E-state index contributed by atoms with van der Waals surface area (Å²) in [5.41, 5.74) is 1.85. The number of halogens is 1. The average Bonchev–Trinajstić information content (AvgIpc) is 3.44. The van der Waals surface area contributed by atoms with Gasteiger partial charge < -0.3 is 15.4 Å². The van der Waals surface area contributed by atoms with Gasteiger partial charge in [-0.25, -0.2) is 9.37 Å². The lowest BCUT2D eigenvalue weighted by molar-refractivity contribution is 0.0996. The molecule has 9 heteroatoms. The van der Waals surface area contributed by atoms with Gasteiger partial charge in [-0.3, -0.25) is 19.6 Å². The summed E-state index contributed by atoms with van der Waals surface area (Å²) in [4.78, 5) is 26.7. The van der Waals surface area contributed by atoms with E-state index in [0.29, 0.717) is 40.5 Å². The summed E-state index contributed by atoms with van der Waals surface area (Å²) in [6, 6.07) is 12.9. The van der Waals surface area contributed by atoms with E-state index in [0.717, 1.165) is 38.4 Å². The van der Waals surface area contributed by atoms with Gasteiger partial charge in [0.05, 0.1) is 24.9 Å². The number of benzene rings is 1. The molecule has 0 aliphatic carbocycles. The van der Waals surface area contributed by atoms with Crippen LogP contribution in [0.1, 0.15) is 22.3 Å². The van der Waals surface area contributed by atoms with Gasteiger partial charge in [-0.2, -0.15) is 0 Å². The standard InChI is InChI=1S/C26H27FN6O2/c1-35-21-5-2-4-20(27)24(21)25-19-15-33(26(34)18(19)8-9-29-25)23-7-3-6-22(31-23)30-16-12-17-13-28-10-11-32(17)14-16/h2-9,16-17,28H,10-15H2,1H3,(H,30,31)/t16-,17+/m1/s1. The number of hydrogen-bond donors (Lipinski definition) is 2. The van der Waals surface area contributed by atoms with E-state index in [1.807, 2.05) is 18.2 Å². The van der Waals surface area contributed by atoms with Gasteiger partial charge in [-0.1, -0.05) is 12.1 Å². The number of anilines is 2. The van der Waals surface area contributed by atoms with Crippen molar-refractivity contribution in [2.75, 3.05) is 43.5 Å². The van der Waals surface area contributed by atoms with Gasteiger partial charge in [0.2, 0.25) is 0 Å². The van der Waals surface area contributed by atoms with E-state index in [1.165, 1.54) is 19.4 Å². The molecule has 2 N–H and O–H groups in total. The van der Waals surface area contributed by atoms with Gasteiger partial charge in [0.1, 0.15) is 23.2 Å². The maximum absolute atomic E-state index is 14.8. The van der Waals surface area contributed by atoms with Crippen molar-refractivity contribution < 1.29 is 13.9 Å². The molecule has 5 heterocycles. The van der Waals surface area contributed by atoms with Crippen molar-refractivity contribution >= 4 is 17.5 Å². The zero-order valence-electron chi connectivity index (χ0n) is 19.5. The van der Waals surface area contributed by atoms with Crippen molar-refractivity contribution in [3.63, 3.8) is 0 Å². The van der Waals surface area contributed by atoms with Crippen LogP contribution in [0, 0.1) is 5.82 Å². The number of carbonyl (C=O) groups excluding carboxylic acids is 1. The maximum atomic E-state index is 14.8. The highest BCUT2D eigenvalue weighted by Crippen LogP contribution is 2.38. The Labute approximate surface area is 203 Å². The molecule has 2 fully saturated rings. The molecule has 0 bridgehead atoms. The topological polar surface area (TPSA) is 82.6 Å². The number of nitrogens with one attached hydrogen (secondary N) is 2. The highest BCUT2D eigenvalue weighted by Gasteiger charge is 2.35. The van der Waals surface area contributed by atoms with Crippen LogP contribution in [0.3, 0.4) is 0 Å². The Morgan fingerprint density at radius 2 is 2.09 bits per heavy atom. The van der Waals surface area contributed by atoms with Crippen molar-refractivity contribution in [3.8, 4) is 17.0 Å². The molecule has 0 saturated carbocycles. The van der Waals surface area contributed by atoms with E-state index in [2.05, 4.69) is 20.5 Å². The monoisotopic (exact) mass is 474 g/mol. The predicted octanol–water partition coefficient (Wildman–Crippen LogP) is 2.91. The molecule has 3 aliphatic rings. The normalized spacial score (nSPS) is 21.7. The van der Waals surface area contributed by atoms with Gasteiger partial charge in [0.25, 0.3) is 5.91 Å². The molecule has 1 amide bonds. The number of ether oxygens (including phenoxy) is 1. The third kappa shape index (κ3) is 3.90. The number of rotatable bonds is 5. The van der Waals surface area contributed by atoms with Gasteiger partial charge in [0.15, 0.2) is 0 Å². The van der Waals surface area contributed by atoms with Crippen molar-refractivity contribution in [2.45, 2.75) is 25.0 Å². The number of hydrogen-bond acceptors (Lipinski definition) is 7. The van der Waals surface area contributed by atoms with E-state index in [-0.39, 0.29) is 18.0 Å². The number of pyridine rings is 2. The van der Waals surface area contributed by atoms with Crippen LogP contribution in [-0.4, -0.2) is 66.1 Å². The second-order valence-electron chi connectivity index (χ2n) is 9.20. The number of aromatic nitrogens is 2. The molecular weight excluding hydrogens is 447 g/mol. The second-order valence-corrected chi connectivity index (χ2v) is 9.20. The summed E-state index contributed by atoms with van der Waals surface area (Å²) in [5.74, 6) is 1.07. The first-order chi connectivity index (χ1) is 17.1. The lowest BCUT2D eigenvalue weighted by atomic mass is 10.0. The number of amides is 1. The van der Waals surface area contributed by atoms with Crippen LogP contribution in [-0.2, 0) is 6.54 Å². The Morgan fingerprint density at radius 3 is 2.94 bits per heavy atom. The Hall–Kier alpha value is -3.56. The SMILES string of the molecule is COc1cccc(F)c1-c1nccc2c1CN(c1cccc(N[C@@H]3C[C@H]4CNCCN4C3)n1)C2=O. The van der Waals surface area contributed by atoms with Crippen molar-refractivity contribution in [1.82, 2.24) is 20.2 Å². The van der Waals surface area contributed by atoms with Crippen LogP contribution in [0.4, 0.5) is 16.0 Å². The first-order valence-corrected chi connectivity index (χ1v) is 11.9. The van der Waals surface area contributed by atoms with Crippen LogP contribution in [0.15, 0.2) is 48.7 Å². The van der Waals surface area contributed by atoms with Gasteiger partial charge in [0, 0.05) is 55.6 Å². The van der Waals surface area contributed by atoms with Crippen LogP contribution in [0.2, 0.25) is 0 Å². The molecule has 1 aromatic carbocycles. The number of methoxy groups -OCH3 is 1. The van der Waals surface area contributed by atoms with Crippen LogP contribution >= 0.6 is 0 Å². The van der Waals surface area contributed by atoms with Gasteiger partial charge >= 0.3 is 0 Å². The fraction of sp³-hybridized carbons (Fsp3) is 0.346. The number of nitrogens with zero attached hydrogens (tertiary/aromatic N) is 4. The maximum Gasteiger partial charge on any atom is 0.260 e. The summed E-state index contributed by atoms with van der Waals surface area (Å²) in [7, 11) is 1.49. The first-order valence-electron chi connectivity index (χ1n) is 11.9. The summed E-state index contributed by atoms with van der Waals surface area (Å²) in [5, 5.41) is 7.02. The minimum atomic E-state index is -0.441. The number of piperazine rings is 1. The number of carbonyl (C=O) groups is 1. The molecule has 3 aliphatic heterocycles. The zero-order chi connectivity index (χ0) is 23.9. The molecule has 0 radical (unpaired) electrons.